The number of fused-ring (bicyclic) bond motifs is 1. The Labute approximate surface area is 164 Å². The lowest BCUT2D eigenvalue weighted by Gasteiger charge is -2.26. The number of nitrogens with one attached hydrogen (secondary N) is 1. The molecule has 2 aromatic rings. The molecule has 3 heterocycles. The fourth-order valence-corrected chi connectivity index (χ4v) is 3.85. The Morgan fingerprint density at radius 2 is 1.93 bits per heavy atom. The van der Waals surface area contributed by atoms with Gasteiger partial charge in [0.2, 0.25) is 0 Å². The van der Waals surface area contributed by atoms with Crippen molar-refractivity contribution in [2.45, 2.75) is 39.9 Å². The maximum atomic E-state index is 5.83. The second kappa shape index (κ2) is 7.24. The minimum atomic E-state index is 0.0821. The largest absolute Gasteiger partial charge is 0.361 e. The van der Waals surface area contributed by atoms with Gasteiger partial charge in [-0.15, -0.1) is 11.6 Å². The molecule has 1 atom stereocenters. The lowest BCUT2D eigenvalue weighted by atomic mass is 10.0. The molecule has 0 radical (unpaired) electrons. The number of halogens is 1. The third-order valence-corrected chi connectivity index (χ3v) is 5.25. The number of dihydropyridines is 1. The molecule has 0 saturated heterocycles. The predicted octanol–water partition coefficient (Wildman–Crippen LogP) is 4.16. The Morgan fingerprint density at radius 1 is 1.19 bits per heavy atom. The second-order valence-corrected chi connectivity index (χ2v) is 7.34. The SMILES string of the molecule is Cc1noc(C)c1C1=CNC2=NC(C)N(Cc3ccc(CCCl)cc3)C2=C1. The van der Waals surface area contributed by atoms with Gasteiger partial charge in [0, 0.05) is 29.8 Å². The van der Waals surface area contributed by atoms with Crippen LogP contribution in [0.1, 0.15) is 35.1 Å². The number of hydrogen-bond acceptors (Lipinski definition) is 5. The van der Waals surface area contributed by atoms with Crippen LogP contribution in [-0.4, -0.2) is 27.9 Å². The molecule has 0 spiro atoms. The van der Waals surface area contributed by atoms with Crippen LogP contribution in [0.25, 0.3) is 5.57 Å². The number of amidine groups is 1. The van der Waals surface area contributed by atoms with E-state index in [1.54, 1.807) is 0 Å². The van der Waals surface area contributed by atoms with Crippen molar-refractivity contribution < 1.29 is 4.52 Å². The molecule has 0 amide bonds. The van der Waals surface area contributed by atoms with E-state index in [1.807, 2.05) is 20.0 Å². The molecular formula is C21H23ClN4O. The topological polar surface area (TPSA) is 53.7 Å². The zero-order valence-electron chi connectivity index (χ0n) is 15.8. The molecule has 1 aromatic heterocycles. The monoisotopic (exact) mass is 382 g/mol. The van der Waals surface area contributed by atoms with Crippen LogP contribution >= 0.6 is 11.6 Å². The van der Waals surface area contributed by atoms with Gasteiger partial charge in [0.1, 0.15) is 11.9 Å². The number of alkyl halides is 1. The Hall–Kier alpha value is -2.53. The summed E-state index contributed by atoms with van der Waals surface area (Å²) in [5.41, 5.74) is 6.62. The summed E-state index contributed by atoms with van der Waals surface area (Å²) >= 11 is 5.83. The van der Waals surface area contributed by atoms with Gasteiger partial charge >= 0.3 is 0 Å². The summed E-state index contributed by atoms with van der Waals surface area (Å²) in [5.74, 6) is 2.39. The molecule has 2 aliphatic rings. The third-order valence-electron chi connectivity index (χ3n) is 5.06. The Balaban J connectivity index is 1.60. The molecule has 0 fully saturated rings. The lowest BCUT2D eigenvalue weighted by Crippen LogP contribution is -2.31. The molecule has 2 aliphatic heterocycles. The first-order chi connectivity index (χ1) is 13.1. The van der Waals surface area contributed by atoms with E-state index < -0.39 is 0 Å². The highest BCUT2D eigenvalue weighted by Gasteiger charge is 2.30. The van der Waals surface area contributed by atoms with Crippen molar-refractivity contribution in [2.75, 3.05) is 5.88 Å². The maximum Gasteiger partial charge on any atom is 0.151 e. The minimum Gasteiger partial charge on any atom is -0.361 e. The van der Waals surface area contributed by atoms with Crippen LogP contribution < -0.4 is 5.32 Å². The first-order valence-electron chi connectivity index (χ1n) is 9.17. The number of rotatable bonds is 5. The van der Waals surface area contributed by atoms with Crippen molar-refractivity contribution in [3.63, 3.8) is 0 Å². The van der Waals surface area contributed by atoms with Gasteiger partial charge in [-0.1, -0.05) is 29.4 Å². The molecule has 4 rings (SSSR count). The number of nitrogens with zero attached hydrogens (tertiary/aromatic N) is 3. The predicted molar refractivity (Wildman–Crippen MR) is 108 cm³/mol. The number of aliphatic imine (C=N–C) groups is 1. The van der Waals surface area contributed by atoms with Gasteiger partial charge in [-0.25, -0.2) is 4.99 Å². The summed E-state index contributed by atoms with van der Waals surface area (Å²) in [6.45, 7) is 6.82. The molecule has 5 nitrogen and oxygen atoms in total. The average molecular weight is 383 g/mol. The van der Waals surface area contributed by atoms with E-state index in [9.17, 15) is 0 Å². The van der Waals surface area contributed by atoms with Crippen molar-refractivity contribution in [3.8, 4) is 0 Å². The van der Waals surface area contributed by atoms with E-state index in [0.717, 1.165) is 47.1 Å². The standard InChI is InChI=1S/C21H23ClN4O/c1-13-20(14(2)27-25-13)18-10-19-21(23-11-18)24-15(3)26(19)12-17-6-4-16(5-7-17)8-9-22/h4-7,10-11,15H,8-9,12H2,1-3H3,(H,23,24). The van der Waals surface area contributed by atoms with Crippen molar-refractivity contribution in [3.05, 3.63) is 70.4 Å². The summed E-state index contributed by atoms with van der Waals surface area (Å²) in [4.78, 5) is 7.07. The van der Waals surface area contributed by atoms with E-state index in [0.29, 0.717) is 5.88 Å². The highest BCUT2D eigenvalue weighted by molar-refractivity contribution is 6.18. The smallest absolute Gasteiger partial charge is 0.151 e. The second-order valence-electron chi connectivity index (χ2n) is 6.97. The van der Waals surface area contributed by atoms with Crippen LogP contribution in [0.4, 0.5) is 0 Å². The van der Waals surface area contributed by atoms with Gasteiger partial charge in [0.05, 0.1) is 11.4 Å². The Bertz CT molecular complexity index is 920. The van der Waals surface area contributed by atoms with Gasteiger partial charge in [0.15, 0.2) is 5.84 Å². The van der Waals surface area contributed by atoms with E-state index in [4.69, 9.17) is 21.1 Å². The molecule has 27 heavy (non-hydrogen) atoms. The maximum absolute atomic E-state index is 5.83. The van der Waals surface area contributed by atoms with Gasteiger partial charge in [-0.3, -0.25) is 0 Å². The summed E-state index contributed by atoms with van der Waals surface area (Å²) in [6, 6.07) is 8.66. The van der Waals surface area contributed by atoms with Gasteiger partial charge in [-0.05, 0) is 44.4 Å². The number of hydrogen-bond donors (Lipinski definition) is 1. The van der Waals surface area contributed by atoms with Crippen LogP contribution in [0.2, 0.25) is 0 Å². The van der Waals surface area contributed by atoms with Crippen molar-refractivity contribution in [1.29, 1.82) is 0 Å². The van der Waals surface area contributed by atoms with E-state index in [-0.39, 0.29) is 6.17 Å². The number of allylic oxidation sites excluding steroid dienone is 2. The molecule has 0 saturated carbocycles. The summed E-state index contributed by atoms with van der Waals surface area (Å²) < 4.78 is 5.33. The van der Waals surface area contributed by atoms with Crippen molar-refractivity contribution >= 4 is 23.0 Å². The molecular weight excluding hydrogens is 360 g/mol. The van der Waals surface area contributed by atoms with Crippen molar-refractivity contribution in [1.82, 2.24) is 15.4 Å². The summed E-state index contributed by atoms with van der Waals surface area (Å²) in [7, 11) is 0. The first kappa shape index (κ1) is 17.9. The Kier molecular flexibility index (Phi) is 4.79. The molecule has 1 aromatic carbocycles. The zero-order chi connectivity index (χ0) is 19.0. The quantitative estimate of drug-likeness (QED) is 0.789. The highest BCUT2D eigenvalue weighted by Crippen LogP contribution is 2.31. The van der Waals surface area contributed by atoms with Gasteiger partial charge in [-0.2, -0.15) is 0 Å². The number of aryl methyl sites for hydroxylation is 3. The molecule has 6 heteroatoms. The lowest BCUT2D eigenvalue weighted by molar-refractivity contribution is 0.298. The van der Waals surface area contributed by atoms with E-state index >= 15 is 0 Å². The number of benzene rings is 1. The Morgan fingerprint density at radius 3 is 2.59 bits per heavy atom. The fraction of sp³-hybridized carbons (Fsp3) is 0.333. The normalized spacial score (nSPS) is 18.6. The van der Waals surface area contributed by atoms with Gasteiger partial charge in [0.25, 0.3) is 0 Å². The molecule has 1 N–H and O–H groups in total. The van der Waals surface area contributed by atoms with E-state index in [2.05, 4.69) is 52.6 Å². The van der Waals surface area contributed by atoms with Crippen molar-refractivity contribution in [2.24, 2.45) is 4.99 Å². The molecule has 1 unspecified atom stereocenters. The zero-order valence-corrected chi connectivity index (χ0v) is 16.5. The van der Waals surface area contributed by atoms with Crippen LogP contribution in [0.15, 0.2) is 51.8 Å². The van der Waals surface area contributed by atoms with Gasteiger partial charge < -0.3 is 14.7 Å². The molecule has 0 aliphatic carbocycles. The van der Waals surface area contributed by atoms with Crippen LogP contribution in [-0.2, 0) is 13.0 Å². The van der Waals surface area contributed by atoms with E-state index in [1.165, 1.54) is 11.1 Å². The minimum absolute atomic E-state index is 0.0821. The molecule has 0 bridgehead atoms. The van der Waals surface area contributed by atoms with Crippen LogP contribution in [0.5, 0.6) is 0 Å². The number of aromatic nitrogens is 1. The third kappa shape index (κ3) is 3.39. The molecule has 140 valence electrons. The van der Waals surface area contributed by atoms with Crippen LogP contribution in [0.3, 0.4) is 0 Å². The highest BCUT2D eigenvalue weighted by atomic mass is 35.5. The van der Waals surface area contributed by atoms with Crippen LogP contribution in [0, 0.1) is 13.8 Å². The average Bonchev–Trinajstić information content (AvgIpc) is 3.15. The summed E-state index contributed by atoms with van der Waals surface area (Å²) in [5, 5.41) is 7.42. The first-order valence-corrected chi connectivity index (χ1v) is 9.70. The fourth-order valence-electron chi connectivity index (χ4n) is 3.63. The summed E-state index contributed by atoms with van der Waals surface area (Å²) in [6.07, 6.45) is 5.13.